The quantitative estimate of drug-likeness (QED) is 0.271. The molecule has 3 heterocycles. The summed E-state index contributed by atoms with van der Waals surface area (Å²) in [6.07, 6.45) is 3.06. The molecule has 2 aromatic heterocycles. The number of aromatic nitrogens is 3. The number of hydrazone groups is 1. The molecule has 0 spiro atoms. The summed E-state index contributed by atoms with van der Waals surface area (Å²) in [5.41, 5.74) is 9.55. The number of nitrogens with zero attached hydrogens (tertiary/aromatic N) is 4. The van der Waals surface area contributed by atoms with E-state index >= 15 is 0 Å². The van der Waals surface area contributed by atoms with Crippen LogP contribution >= 0.6 is 11.6 Å². The first kappa shape index (κ1) is 14.3. The molecule has 8 nitrogen and oxygen atoms in total. The highest BCUT2D eigenvalue weighted by Crippen LogP contribution is 2.29. The molecule has 0 amide bonds. The van der Waals surface area contributed by atoms with Gasteiger partial charge in [-0.15, -0.1) is 0 Å². The van der Waals surface area contributed by atoms with Gasteiger partial charge in [-0.2, -0.15) is 5.10 Å². The van der Waals surface area contributed by atoms with Gasteiger partial charge in [0, 0.05) is 16.8 Å². The Labute approximate surface area is 140 Å². The fourth-order valence-corrected chi connectivity index (χ4v) is 2.83. The number of pyridine rings is 1. The predicted molar refractivity (Wildman–Crippen MR) is 90.8 cm³/mol. The van der Waals surface area contributed by atoms with E-state index in [0.29, 0.717) is 38.7 Å². The Hall–Kier alpha value is -3.26. The molecule has 0 unspecified atom stereocenters. The summed E-state index contributed by atoms with van der Waals surface area (Å²) < 4.78 is 1.47. The SMILES string of the molecule is N=C(N)N/N=C1\c2cc(Cl)ccc2-n2c1nc1cnccc1c2=O. The molecule has 4 N–H and O–H groups in total. The molecule has 3 aromatic rings. The molecule has 0 fully saturated rings. The fraction of sp³-hybridized carbons (Fsp3) is 0. The Morgan fingerprint density at radius 2 is 2.21 bits per heavy atom. The largest absolute Gasteiger partial charge is 0.369 e. The summed E-state index contributed by atoms with van der Waals surface area (Å²) in [4.78, 5) is 21.4. The number of fused-ring (bicyclic) bond motifs is 4. The summed E-state index contributed by atoms with van der Waals surface area (Å²) in [6, 6.07) is 6.73. The molecule has 0 bridgehead atoms. The van der Waals surface area contributed by atoms with Crippen LogP contribution in [0.2, 0.25) is 5.02 Å². The number of hydrogen-bond acceptors (Lipinski definition) is 5. The van der Waals surface area contributed by atoms with Crippen LogP contribution in [-0.2, 0) is 0 Å². The van der Waals surface area contributed by atoms with Crippen LogP contribution in [0.15, 0.2) is 46.6 Å². The zero-order valence-corrected chi connectivity index (χ0v) is 12.9. The molecule has 0 aliphatic carbocycles. The van der Waals surface area contributed by atoms with Crippen LogP contribution < -0.4 is 16.7 Å². The monoisotopic (exact) mass is 339 g/mol. The van der Waals surface area contributed by atoms with E-state index in [2.05, 4.69) is 20.5 Å². The lowest BCUT2D eigenvalue weighted by atomic mass is 10.1. The molecule has 0 radical (unpaired) electrons. The average molecular weight is 340 g/mol. The first-order valence-corrected chi connectivity index (χ1v) is 7.29. The average Bonchev–Trinajstić information content (AvgIpc) is 2.86. The smallest absolute Gasteiger partial charge is 0.266 e. The molecule has 1 aromatic carbocycles. The van der Waals surface area contributed by atoms with Crippen LogP contribution in [0.5, 0.6) is 0 Å². The molecular weight excluding hydrogens is 330 g/mol. The van der Waals surface area contributed by atoms with Crippen molar-refractivity contribution in [3.8, 4) is 5.69 Å². The van der Waals surface area contributed by atoms with Crippen molar-refractivity contribution in [3.63, 3.8) is 0 Å². The molecular formula is C15H10ClN7O. The van der Waals surface area contributed by atoms with Gasteiger partial charge in [0.2, 0.25) is 5.96 Å². The van der Waals surface area contributed by atoms with Crippen molar-refractivity contribution in [1.82, 2.24) is 20.0 Å². The number of nitrogens with two attached hydrogens (primary N) is 1. The predicted octanol–water partition coefficient (Wildman–Crippen LogP) is 0.983. The van der Waals surface area contributed by atoms with Gasteiger partial charge in [0.1, 0.15) is 5.71 Å². The van der Waals surface area contributed by atoms with Gasteiger partial charge in [0.05, 0.1) is 22.8 Å². The van der Waals surface area contributed by atoms with Crippen molar-refractivity contribution in [2.75, 3.05) is 0 Å². The molecule has 4 rings (SSSR count). The van der Waals surface area contributed by atoms with Gasteiger partial charge in [-0.1, -0.05) is 11.6 Å². The van der Waals surface area contributed by atoms with Crippen molar-refractivity contribution in [1.29, 1.82) is 5.41 Å². The number of benzene rings is 1. The highest BCUT2D eigenvalue weighted by molar-refractivity contribution is 6.31. The van der Waals surface area contributed by atoms with E-state index in [1.54, 1.807) is 30.5 Å². The van der Waals surface area contributed by atoms with E-state index in [1.165, 1.54) is 10.8 Å². The van der Waals surface area contributed by atoms with Crippen molar-refractivity contribution in [3.05, 3.63) is 63.4 Å². The van der Waals surface area contributed by atoms with Crippen molar-refractivity contribution >= 4 is 34.2 Å². The molecule has 118 valence electrons. The first-order valence-electron chi connectivity index (χ1n) is 6.91. The Morgan fingerprint density at radius 1 is 1.38 bits per heavy atom. The maximum absolute atomic E-state index is 12.9. The maximum atomic E-state index is 12.9. The minimum atomic E-state index is -0.325. The summed E-state index contributed by atoms with van der Waals surface area (Å²) in [5.74, 6) is 0.0147. The van der Waals surface area contributed by atoms with E-state index in [-0.39, 0.29) is 11.5 Å². The summed E-state index contributed by atoms with van der Waals surface area (Å²) in [6.45, 7) is 0. The molecule has 0 atom stereocenters. The number of guanidine groups is 1. The van der Waals surface area contributed by atoms with Gasteiger partial charge in [-0.3, -0.25) is 19.8 Å². The molecule has 0 saturated carbocycles. The van der Waals surface area contributed by atoms with Gasteiger partial charge in [0.25, 0.3) is 5.56 Å². The standard InChI is InChI=1S/C15H10ClN7O/c16-7-1-2-11-9(5-7)12(21-22-15(17)18)13-20-10-6-19-4-3-8(10)14(24)23(11)13/h1-6H,(H4,17,18,22)/b21-12+. The molecule has 1 aliphatic heterocycles. The van der Waals surface area contributed by atoms with Crippen LogP contribution in [0, 0.1) is 5.41 Å². The second kappa shape index (κ2) is 5.14. The van der Waals surface area contributed by atoms with Crippen LogP contribution in [0.25, 0.3) is 16.6 Å². The summed E-state index contributed by atoms with van der Waals surface area (Å²) >= 11 is 6.08. The van der Waals surface area contributed by atoms with Crippen molar-refractivity contribution in [2.45, 2.75) is 0 Å². The van der Waals surface area contributed by atoms with E-state index in [4.69, 9.17) is 22.7 Å². The number of nitrogens with one attached hydrogen (secondary N) is 2. The zero-order chi connectivity index (χ0) is 16.8. The van der Waals surface area contributed by atoms with Crippen LogP contribution in [0.1, 0.15) is 11.4 Å². The van der Waals surface area contributed by atoms with E-state index in [9.17, 15) is 4.79 Å². The minimum absolute atomic E-state index is 0.228. The van der Waals surface area contributed by atoms with Crippen molar-refractivity contribution < 1.29 is 0 Å². The molecule has 0 saturated heterocycles. The third kappa shape index (κ3) is 2.04. The summed E-state index contributed by atoms with van der Waals surface area (Å²) in [7, 11) is 0. The maximum Gasteiger partial charge on any atom is 0.266 e. The lowest BCUT2D eigenvalue weighted by Gasteiger charge is -2.05. The van der Waals surface area contributed by atoms with Crippen LogP contribution in [0.4, 0.5) is 0 Å². The zero-order valence-electron chi connectivity index (χ0n) is 12.1. The molecule has 1 aliphatic rings. The Morgan fingerprint density at radius 3 is 3.00 bits per heavy atom. The Kier molecular flexibility index (Phi) is 3.07. The second-order valence-corrected chi connectivity index (χ2v) is 5.55. The topological polar surface area (TPSA) is 122 Å². The minimum Gasteiger partial charge on any atom is -0.369 e. The lowest BCUT2D eigenvalue weighted by molar-refractivity contribution is 0.951. The second-order valence-electron chi connectivity index (χ2n) is 5.12. The van der Waals surface area contributed by atoms with Gasteiger partial charge >= 0.3 is 0 Å². The number of rotatable bonds is 1. The molecule has 9 heteroatoms. The summed E-state index contributed by atoms with van der Waals surface area (Å²) in [5, 5.41) is 12.3. The first-order chi connectivity index (χ1) is 11.6. The van der Waals surface area contributed by atoms with Crippen LogP contribution in [-0.4, -0.2) is 26.2 Å². The van der Waals surface area contributed by atoms with Gasteiger partial charge in [-0.05, 0) is 24.3 Å². The molecule has 24 heavy (non-hydrogen) atoms. The lowest BCUT2D eigenvalue weighted by Crippen LogP contribution is -2.27. The number of halogens is 1. The van der Waals surface area contributed by atoms with E-state index in [0.717, 1.165) is 0 Å². The third-order valence-electron chi connectivity index (χ3n) is 3.63. The van der Waals surface area contributed by atoms with Gasteiger partial charge in [0.15, 0.2) is 5.82 Å². The van der Waals surface area contributed by atoms with Crippen molar-refractivity contribution in [2.24, 2.45) is 10.8 Å². The highest BCUT2D eigenvalue weighted by atomic mass is 35.5. The van der Waals surface area contributed by atoms with E-state index in [1.807, 2.05) is 0 Å². The van der Waals surface area contributed by atoms with E-state index < -0.39 is 0 Å². The van der Waals surface area contributed by atoms with Crippen LogP contribution in [0.3, 0.4) is 0 Å². The van der Waals surface area contributed by atoms with Gasteiger partial charge < -0.3 is 5.73 Å². The Balaban J connectivity index is 2.10. The normalized spacial score (nSPS) is 13.8. The highest BCUT2D eigenvalue weighted by Gasteiger charge is 2.29. The Bertz CT molecular complexity index is 1100. The number of hydrogen-bond donors (Lipinski definition) is 3. The fourth-order valence-electron chi connectivity index (χ4n) is 2.66. The van der Waals surface area contributed by atoms with Gasteiger partial charge in [-0.25, -0.2) is 10.4 Å². The third-order valence-corrected chi connectivity index (χ3v) is 3.86.